The van der Waals surface area contributed by atoms with Gasteiger partial charge < -0.3 is 0 Å². The van der Waals surface area contributed by atoms with Gasteiger partial charge in [0.2, 0.25) is 0 Å². The minimum absolute atomic E-state index is 0.495. The summed E-state index contributed by atoms with van der Waals surface area (Å²) in [6.45, 7) is 10.9. The Hall–Kier alpha value is -0.580. The molecule has 0 bridgehead atoms. The largest absolute Gasteiger partial charge is 0.300 e. The van der Waals surface area contributed by atoms with Crippen LogP contribution in [0.25, 0.3) is 0 Å². The summed E-state index contributed by atoms with van der Waals surface area (Å²) in [5.41, 5.74) is 1.19. The summed E-state index contributed by atoms with van der Waals surface area (Å²) in [7, 11) is 0. The molecular formula is C14H25ClN4. The van der Waals surface area contributed by atoms with Gasteiger partial charge in [0.15, 0.2) is 0 Å². The van der Waals surface area contributed by atoms with Crippen LogP contribution < -0.4 is 0 Å². The van der Waals surface area contributed by atoms with Crippen molar-refractivity contribution >= 4 is 11.6 Å². The molecule has 0 aromatic carbocycles. The normalized spacial score (nSPS) is 19.7. The molecule has 2 heterocycles. The Morgan fingerprint density at radius 3 is 2.58 bits per heavy atom. The van der Waals surface area contributed by atoms with Gasteiger partial charge in [0.25, 0.3) is 0 Å². The van der Waals surface area contributed by atoms with Crippen molar-refractivity contribution < 1.29 is 0 Å². The van der Waals surface area contributed by atoms with E-state index >= 15 is 0 Å². The zero-order valence-corrected chi connectivity index (χ0v) is 12.8. The van der Waals surface area contributed by atoms with Crippen molar-refractivity contribution in [2.24, 2.45) is 0 Å². The number of alkyl halides is 1. The molecule has 4 nitrogen and oxygen atoms in total. The highest BCUT2D eigenvalue weighted by molar-refractivity contribution is 6.18. The van der Waals surface area contributed by atoms with Crippen molar-refractivity contribution in [2.45, 2.75) is 32.9 Å². The van der Waals surface area contributed by atoms with Gasteiger partial charge in [-0.3, -0.25) is 14.5 Å². The Kier molecular flexibility index (Phi) is 5.67. The first-order valence-electron chi connectivity index (χ1n) is 7.27. The van der Waals surface area contributed by atoms with Crippen LogP contribution in [0.3, 0.4) is 0 Å². The van der Waals surface area contributed by atoms with Gasteiger partial charge in [0, 0.05) is 57.4 Å². The van der Waals surface area contributed by atoms with Crippen molar-refractivity contribution in [3.8, 4) is 0 Å². The Balaban J connectivity index is 1.80. The molecule has 0 spiro atoms. The quantitative estimate of drug-likeness (QED) is 0.749. The highest BCUT2D eigenvalue weighted by atomic mass is 35.5. The standard InChI is InChI=1S/C14H25ClN4/c1-3-13(2)19-6-4-14(16-19)12-18-10-8-17(7-5-15)9-11-18/h4,6,13H,3,5,7-12H2,1-2H3. The maximum absolute atomic E-state index is 5.78. The summed E-state index contributed by atoms with van der Waals surface area (Å²) >= 11 is 5.78. The zero-order chi connectivity index (χ0) is 13.7. The molecule has 1 saturated heterocycles. The molecule has 2 rings (SSSR count). The van der Waals surface area contributed by atoms with E-state index in [1.807, 2.05) is 0 Å². The second-order valence-corrected chi connectivity index (χ2v) is 5.73. The Labute approximate surface area is 121 Å². The van der Waals surface area contributed by atoms with Crippen molar-refractivity contribution in [2.75, 3.05) is 38.6 Å². The molecule has 0 N–H and O–H groups in total. The van der Waals surface area contributed by atoms with Crippen LogP contribution in [0, 0.1) is 0 Å². The average Bonchev–Trinajstić information content (AvgIpc) is 2.89. The number of nitrogens with zero attached hydrogens (tertiary/aromatic N) is 4. The smallest absolute Gasteiger partial charge is 0.0764 e. The van der Waals surface area contributed by atoms with Crippen LogP contribution >= 0.6 is 11.6 Å². The summed E-state index contributed by atoms with van der Waals surface area (Å²) in [5, 5.41) is 4.67. The predicted octanol–water partition coefficient (Wildman–Crippen LogP) is 2.21. The van der Waals surface area contributed by atoms with Gasteiger partial charge >= 0.3 is 0 Å². The molecular weight excluding hydrogens is 260 g/mol. The number of halogens is 1. The molecule has 108 valence electrons. The molecule has 0 radical (unpaired) electrons. The first-order valence-corrected chi connectivity index (χ1v) is 7.81. The summed E-state index contributed by atoms with van der Waals surface area (Å²) in [6, 6.07) is 2.64. The van der Waals surface area contributed by atoms with Crippen LogP contribution in [0.1, 0.15) is 32.0 Å². The highest BCUT2D eigenvalue weighted by Crippen LogP contribution is 2.11. The molecule has 1 aromatic rings. The molecule has 1 atom stereocenters. The maximum atomic E-state index is 5.78. The van der Waals surface area contributed by atoms with Gasteiger partial charge in [-0.05, 0) is 19.4 Å². The van der Waals surface area contributed by atoms with Crippen LogP contribution in [0.5, 0.6) is 0 Å². The van der Waals surface area contributed by atoms with E-state index in [1.54, 1.807) is 0 Å². The van der Waals surface area contributed by atoms with Crippen LogP contribution in [0.15, 0.2) is 12.3 Å². The summed E-state index contributed by atoms with van der Waals surface area (Å²) < 4.78 is 2.08. The number of rotatable bonds is 6. The minimum Gasteiger partial charge on any atom is -0.300 e. The fraction of sp³-hybridized carbons (Fsp3) is 0.786. The molecule has 5 heteroatoms. The molecule has 0 saturated carbocycles. The van der Waals surface area contributed by atoms with Gasteiger partial charge in [-0.25, -0.2) is 0 Å². The van der Waals surface area contributed by atoms with E-state index < -0.39 is 0 Å². The van der Waals surface area contributed by atoms with E-state index in [1.165, 1.54) is 5.69 Å². The fourth-order valence-electron chi connectivity index (χ4n) is 2.41. The predicted molar refractivity (Wildman–Crippen MR) is 79.7 cm³/mol. The third kappa shape index (κ3) is 4.20. The second kappa shape index (κ2) is 7.27. The molecule has 1 aliphatic heterocycles. The summed E-state index contributed by atoms with van der Waals surface area (Å²) in [4.78, 5) is 4.91. The number of hydrogen-bond acceptors (Lipinski definition) is 3. The first-order chi connectivity index (χ1) is 9.22. The van der Waals surface area contributed by atoms with Crippen molar-refractivity contribution in [1.29, 1.82) is 0 Å². The van der Waals surface area contributed by atoms with Crippen LogP contribution in [0.2, 0.25) is 0 Å². The monoisotopic (exact) mass is 284 g/mol. The van der Waals surface area contributed by atoms with Crippen molar-refractivity contribution in [3.05, 3.63) is 18.0 Å². The molecule has 1 aliphatic rings. The van der Waals surface area contributed by atoms with E-state index in [-0.39, 0.29) is 0 Å². The van der Waals surface area contributed by atoms with Crippen LogP contribution in [-0.2, 0) is 6.54 Å². The molecule has 1 unspecified atom stereocenters. The number of aromatic nitrogens is 2. The molecule has 1 fully saturated rings. The number of piperazine rings is 1. The average molecular weight is 285 g/mol. The van der Waals surface area contributed by atoms with Gasteiger partial charge in [0.1, 0.15) is 0 Å². The van der Waals surface area contributed by atoms with Crippen molar-refractivity contribution in [1.82, 2.24) is 19.6 Å². The van der Waals surface area contributed by atoms with Crippen molar-refractivity contribution in [3.63, 3.8) is 0 Å². The van der Waals surface area contributed by atoms with Crippen LogP contribution in [0.4, 0.5) is 0 Å². The molecule has 1 aromatic heterocycles. The molecule has 19 heavy (non-hydrogen) atoms. The van der Waals surface area contributed by atoms with Gasteiger partial charge in [-0.2, -0.15) is 5.10 Å². The lowest BCUT2D eigenvalue weighted by molar-refractivity contribution is 0.131. The van der Waals surface area contributed by atoms with Gasteiger partial charge in [-0.15, -0.1) is 11.6 Å². The van der Waals surface area contributed by atoms with Crippen LogP contribution in [-0.4, -0.2) is 58.2 Å². The lowest BCUT2D eigenvalue weighted by Gasteiger charge is -2.33. The Morgan fingerprint density at radius 1 is 1.26 bits per heavy atom. The summed E-state index contributed by atoms with van der Waals surface area (Å²) in [5.74, 6) is 0.735. The van der Waals surface area contributed by atoms with Gasteiger partial charge in [-0.1, -0.05) is 6.92 Å². The number of hydrogen-bond donors (Lipinski definition) is 0. The van der Waals surface area contributed by atoms with Gasteiger partial charge in [0.05, 0.1) is 5.69 Å². The second-order valence-electron chi connectivity index (χ2n) is 5.35. The minimum atomic E-state index is 0.495. The van der Waals surface area contributed by atoms with E-state index in [0.29, 0.717) is 6.04 Å². The lowest BCUT2D eigenvalue weighted by Crippen LogP contribution is -2.46. The third-order valence-corrected chi connectivity index (χ3v) is 4.13. The lowest BCUT2D eigenvalue weighted by atomic mass is 10.3. The van der Waals surface area contributed by atoms with E-state index in [4.69, 9.17) is 11.6 Å². The Morgan fingerprint density at radius 2 is 1.95 bits per heavy atom. The topological polar surface area (TPSA) is 24.3 Å². The fourth-order valence-corrected chi connectivity index (χ4v) is 2.65. The van der Waals surface area contributed by atoms with E-state index in [0.717, 1.165) is 51.6 Å². The first kappa shape index (κ1) is 14.8. The highest BCUT2D eigenvalue weighted by Gasteiger charge is 2.17. The maximum Gasteiger partial charge on any atom is 0.0764 e. The van der Waals surface area contributed by atoms with E-state index in [2.05, 4.69) is 45.7 Å². The summed E-state index contributed by atoms with van der Waals surface area (Å²) in [6.07, 6.45) is 3.23. The van der Waals surface area contributed by atoms with E-state index in [9.17, 15) is 0 Å². The Bertz CT molecular complexity index is 371. The zero-order valence-electron chi connectivity index (χ0n) is 12.1. The third-order valence-electron chi connectivity index (χ3n) is 3.96. The molecule has 0 amide bonds. The molecule has 0 aliphatic carbocycles. The SMILES string of the molecule is CCC(C)n1ccc(CN2CCN(CCCl)CC2)n1.